The molecule has 1 saturated carbocycles. The summed E-state index contributed by atoms with van der Waals surface area (Å²) >= 11 is 0. The zero-order chi connectivity index (χ0) is 23.6. The molecule has 1 saturated heterocycles. The molecule has 0 spiro atoms. The summed E-state index contributed by atoms with van der Waals surface area (Å²) in [5.41, 5.74) is 1.09. The van der Waals surface area contributed by atoms with Gasteiger partial charge in [-0.3, -0.25) is 14.4 Å². The third-order valence-corrected chi connectivity index (χ3v) is 7.35. The normalized spacial score (nSPS) is 18.2. The van der Waals surface area contributed by atoms with E-state index in [4.69, 9.17) is 4.74 Å². The van der Waals surface area contributed by atoms with E-state index in [1.165, 1.54) is 25.7 Å². The molecule has 0 N–H and O–H groups in total. The number of esters is 1. The Morgan fingerprint density at radius 1 is 1.03 bits per heavy atom. The third-order valence-electron chi connectivity index (χ3n) is 7.35. The quantitative estimate of drug-likeness (QED) is 0.477. The number of hydrogen-bond acceptors (Lipinski definition) is 4. The van der Waals surface area contributed by atoms with Gasteiger partial charge in [-0.1, -0.05) is 56.0 Å². The van der Waals surface area contributed by atoms with E-state index in [2.05, 4.69) is 6.92 Å². The van der Waals surface area contributed by atoms with Crippen LogP contribution in [-0.2, 0) is 19.1 Å². The molecule has 6 heteroatoms. The van der Waals surface area contributed by atoms with E-state index in [1.54, 1.807) is 0 Å². The summed E-state index contributed by atoms with van der Waals surface area (Å²) in [7, 11) is 0. The number of nitrogens with zero attached hydrogens (tertiary/aromatic N) is 2. The van der Waals surface area contributed by atoms with Crippen LogP contribution in [0.4, 0.5) is 0 Å². The van der Waals surface area contributed by atoms with Crippen molar-refractivity contribution >= 4 is 17.8 Å². The molecule has 1 aromatic carbocycles. The van der Waals surface area contributed by atoms with Crippen LogP contribution in [0.5, 0.6) is 0 Å². The summed E-state index contributed by atoms with van der Waals surface area (Å²) < 4.78 is 5.12. The van der Waals surface area contributed by atoms with Crippen LogP contribution in [0.2, 0.25) is 0 Å². The highest BCUT2D eigenvalue weighted by Gasteiger charge is 2.29. The predicted octanol–water partition coefficient (Wildman–Crippen LogP) is 4.74. The summed E-state index contributed by atoms with van der Waals surface area (Å²) in [4.78, 5) is 41.9. The first-order chi connectivity index (χ1) is 16.0. The van der Waals surface area contributed by atoms with Gasteiger partial charge in [-0.25, -0.2) is 0 Å². The fourth-order valence-corrected chi connectivity index (χ4v) is 5.21. The fourth-order valence-electron chi connectivity index (χ4n) is 5.21. The summed E-state index contributed by atoms with van der Waals surface area (Å²) in [6.07, 6.45) is 8.16. The number of carbonyl (C=O) groups excluding carboxylic acids is 3. The Hall–Kier alpha value is -2.37. The van der Waals surface area contributed by atoms with Crippen molar-refractivity contribution in [1.29, 1.82) is 0 Å². The van der Waals surface area contributed by atoms with Crippen LogP contribution in [0.15, 0.2) is 30.3 Å². The molecule has 6 nitrogen and oxygen atoms in total. The molecule has 0 radical (unpaired) electrons. The SMILES string of the molecule is CCOC(=O)C1CCN(C(=O)CCN(C(=O)CCC2CCCC2)C(C)c2ccccc2)CC1. The van der Waals surface area contributed by atoms with Crippen molar-refractivity contribution < 1.29 is 19.1 Å². The van der Waals surface area contributed by atoms with Crippen LogP contribution < -0.4 is 0 Å². The van der Waals surface area contributed by atoms with Gasteiger partial charge in [-0.15, -0.1) is 0 Å². The summed E-state index contributed by atoms with van der Waals surface area (Å²) in [6.45, 7) is 5.84. The molecule has 1 heterocycles. The van der Waals surface area contributed by atoms with E-state index < -0.39 is 0 Å². The van der Waals surface area contributed by atoms with E-state index in [1.807, 2.05) is 47.1 Å². The monoisotopic (exact) mass is 456 g/mol. The average molecular weight is 457 g/mol. The lowest BCUT2D eigenvalue weighted by molar-refractivity contribution is -0.151. The molecule has 1 unspecified atom stereocenters. The highest BCUT2D eigenvalue weighted by molar-refractivity contribution is 5.80. The lowest BCUT2D eigenvalue weighted by Gasteiger charge is -2.33. The Morgan fingerprint density at radius 3 is 2.33 bits per heavy atom. The zero-order valence-corrected chi connectivity index (χ0v) is 20.3. The van der Waals surface area contributed by atoms with Crippen LogP contribution in [-0.4, -0.2) is 53.8 Å². The molecule has 2 amide bonds. The van der Waals surface area contributed by atoms with E-state index in [9.17, 15) is 14.4 Å². The minimum atomic E-state index is -0.152. The molecule has 2 aliphatic rings. The molecule has 0 bridgehead atoms. The smallest absolute Gasteiger partial charge is 0.309 e. The number of piperidine rings is 1. The van der Waals surface area contributed by atoms with E-state index >= 15 is 0 Å². The minimum Gasteiger partial charge on any atom is -0.466 e. The predicted molar refractivity (Wildman–Crippen MR) is 128 cm³/mol. The van der Waals surface area contributed by atoms with Crippen molar-refractivity contribution in [1.82, 2.24) is 9.80 Å². The summed E-state index contributed by atoms with van der Waals surface area (Å²) in [6, 6.07) is 9.99. The maximum atomic E-state index is 13.2. The standard InChI is InChI=1S/C27H40N2O4/c1-3-33-27(32)24-15-18-28(19-16-24)25(30)17-20-29(21(2)23-11-5-4-6-12-23)26(31)14-13-22-9-7-8-10-22/h4-6,11-12,21-22,24H,3,7-10,13-20H2,1-2H3. The van der Waals surface area contributed by atoms with Gasteiger partial charge in [-0.2, -0.15) is 0 Å². The van der Waals surface area contributed by atoms with Crippen LogP contribution >= 0.6 is 0 Å². The fraction of sp³-hybridized carbons (Fsp3) is 0.667. The number of rotatable bonds is 10. The summed E-state index contributed by atoms with van der Waals surface area (Å²) in [5, 5.41) is 0. The maximum absolute atomic E-state index is 13.2. The molecule has 1 aliphatic heterocycles. The topological polar surface area (TPSA) is 66.9 Å². The van der Waals surface area contributed by atoms with Gasteiger partial charge in [0.25, 0.3) is 0 Å². The lowest BCUT2D eigenvalue weighted by atomic mass is 9.96. The van der Waals surface area contributed by atoms with Crippen molar-refractivity contribution in [2.45, 2.75) is 77.7 Å². The molecular weight excluding hydrogens is 416 g/mol. The van der Waals surface area contributed by atoms with Gasteiger partial charge in [0.05, 0.1) is 18.6 Å². The molecule has 33 heavy (non-hydrogen) atoms. The van der Waals surface area contributed by atoms with Crippen LogP contribution in [0.25, 0.3) is 0 Å². The Morgan fingerprint density at radius 2 is 1.70 bits per heavy atom. The number of hydrogen-bond donors (Lipinski definition) is 0. The molecular formula is C27H40N2O4. The van der Waals surface area contributed by atoms with E-state index in [0.29, 0.717) is 57.8 Å². The van der Waals surface area contributed by atoms with Crippen molar-refractivity contribution in [2.75, 3.05) is 26.2 Å². The second kappa shape index (κ2) is 12.8. The molecule has 1 aliphatic carbocycles. The molecule has 3 rings (SSSR count). The summed E-state index contributed by atoms with van der Waals surface area (Å²) in [5.74, 6) is 0.615. The first-order valence-corrected chi connectivity index (χ1v) is 12.8. The molecule has 1 atom stereocenters. The minimum absolute atomic E-state index is 0.0613. The van der Waals surface area contributed by atoms with Gasteiger partial charge in [0, 0.05) is 32.5 Å². The van der Waals surface area contributed by atoms with E-state index in [-0.39, 0.29) is 29.7 Å². The molecule has 182 valence electrons. The van der Waals surface area contributed by atoms with E-state index in [0.717, 1.165) is 12.0 Å². The van der Waals surface area contributed by atoms with Gasteiger partial charge in [0.15, 0.2) is 0 Å². The van der Waals surface area contributed by atoms with Gasteiger partial charge in [0.1, 0.15) is 0 Å². The molecule has 1 aromatic rings. The van der Waals surface area contributed by atoms with Gasteiger partial charge in [0.2, 0.25) is 11.8 Å². The van der Waals surface area contributed by atoms with Crippen molar-refractivity contribution in [3.05, 3.63) is 35.9 Å². The second-order valence-corrected chi connectivity index (χ2v) is 9.52. The average Bonchev–Trinajstić information content (AvgIpc) is 3.37. The number of likely N-dealkylation sites (tertiary alicyclic amines) is 1. The highest BCUT2D eigenvalue weighted by Crippen LogP contribution is 2.30. The Bertz CT molecular complexity index is 768. The van der Waals surface area contributed by atoms with Crippen molar-refractivity contribution in [3.63, 3.8) is 0 Å². The number of ether oxygens (including phenoxy) is 1. The van der Waals surface area contributed by atoms with Crippen LogP contribution in [0, 0.1) is 11.8 Å². The van der Waals surface area contributed by atoms with Crippen molar-refractivity contribution in [2.24, 2.45) is 11.8 Å². The first kappa shape index (κ1) is 25.3. The Balaban J connectivity index is 1.55. The van der Waals surface area contributed by atoms with Crippen LogP contribution in [0.3, 0.4) is 0 Å². The molecule has 0 aromatic heterocycles. The lowest BCUT2D eigenvalue weighted by Crippen LogP contribution is -2.42. The Kier molecular flexibility index (Phi) is 9.76. The van der Waals surface area contributed by atoms with Crippen LogP contribution in [0.1, 0.15) is 83.2 Å². The van der Waals surface area contributed by atoms with Gasteiger partial charge in [-0.05, 0) is 44.6 Å². The van der Waals surface area contributed by atoms with Gasteiger partial charge < -0.3 is 14.5 Å². The zero-order valence-electron chi connectivity index (χ0n) is 20.3. The largest absolute Gasteiger partial charge is 0.466 e. The number of carbonyl (C=O) groups is 3. The van der Waals surface area contributed by atoms with Gasteiger partial charge >= 0.3 is 5.97 Å². The maximum Gasteiger partial charge on any atom is 0.309 e. The Labute approximate surface area is 198 Å². The second-order valence-electron chi connectivity index (χ2n) is 9.52. The third kappa shape index (κ3) is 7.31. The number of amides is 2. The highest BCUT2D eigenvalue weighted by atomic mass is 16.5. The molecule has 2 fully saturated rings. The first-order valence-electron chi connectivity index (χ1n) is 12.8. The number of benzene rings is 1. The van der Waals surface area contributed by atoms with Crippen molar-refractivity contribution in [3.8, 4) is 0 Å².